The van der Waals surface area contributed by atoms with Crippen LogP contribution in [0.5, 0.6) is 11.5 Å². The van der Waals surface area contributed by atoms with E-state index in [9.17, 15) is 13.2 Å². The molecule has 1 saturated heterocycles. The van der Waals surface area contributed by atoms with Gasteiger partial charge in [-0.05, 0) is 55.9 Å². The maximum atomic E-state index is 13.0. The number of nitrogens with one attached hydrogen (secondary N) is 1. The Bertz CT molecular complexity index is 1000. The van der Waals surface area contributed by atoms with Crippen molar-refractivity contribution in [3.05, 3.63) is 48.0 Å². The number of piperidine rings is 1. The molecule has 1 aliphatic rings. The molecule has 0 bridgehead atoms. The summed E-state index contributed by atoms with van der Waals surface area (Å²) in [7, 11) is -2.20. The Morgan fingerprint density at radius 2 is 1.84 bits per heavy atom. The Morgan fingerprint density at radius 1 is 1.10 bits per heavy atom. The van der Waals surface area contributed by atoms with E-state index in [-0.39, 0.29) is 24.0 Å². The number of carbonyl (C=O) groups is 1. The minimum atomic E-state index is -3.77. The van der Waals surface area contributed by atoms with Crippen molar-refractivity contribution in [1.82, 2.24) is 9.62 Å². The number of rotatable bonds is 9. The van der Waals surface area contributed by atoms with Gasteiger partial charge in [0.05, 0.1) is 17.6 Å². The van der Waals surface area contributed by atoms with E-state index in [2.05, 4.69) is 4.72 Å². The number of carbonyl (C=O) groups excluding carboxylic acids is 1. The SMILES string of the molecule is COc1cccc(OCCNS(=O)(=O)c2ccc(SC)c(C(=O)N3CCCCC3)c2)c1. The molecule has 0 atom stereocenters. The number of thioether (sulfide) groups is 1. The van der Waals surface area contributed by atoms with E-state index in [4.69, 9.17) is 9.47 Å². The van der Waals surface area contributed by atoms with Crippen molar-refractivity contribution in [3.8, 4) is 11.5 Å². The van der Waals surface area contributed by atoms with E-state index >= 15 is 0 Å². The molecule has 1 heterocycles. The molecule has 9 heteroatoms. The van der Waals surface area contributed by atoms with Crippen LogP contribution in [0.3, 0.4) is 0 Å². The third kappa shape index (κ3) is 6.15. The second kappa shape index (κ2) is 10.9. The average Bonchev–Trinajstić information content (AvgIpc) is 2.81. The molecule has 1 amide bonds. The van der Waals surface area contributed by atoms with Gasteiger partial charge in [0.1, 0.15) is 18.1 Å². The number of amides is 1. The molecule has 0 aromatic heterocycles. The molecule has 1 fully saturated rings. The highest BCUT2D eigenvalue weighted by atomic mass is 32.2. The number of hydrogen-bond acceptors (Lipinski definition) is 6. The van der Waals surface area contributed by atoms with Gasteiger partial charge < -0.3 is 14.4 Å². The highest BCUT2D eigenvalue weighted by Crippen LogP contribution is 2.26. The van der Waals surface area contributed by atoms with Gasteiger partial charge >= 0.3 is 0 Å². The van der Waals surface area contributed by atoms with Gasteiger partial charge in [0.2, 0.25) is 10.0 Å². The van der Waals surface area contributed by atoms with Gasteiger partial charge in [0, 0.05) is 30.6 Å². The van der Waals surface area contributed by atoms with Crippen LogP contribution < -0.4 is 14.2 Å². The van der Waals surface area contributed by atoms with E-state index in [0.717, 1.165) is 24.2 Å². The van der Waals surface area contributed by atoms with Crippen LogP contribution in [0.2, 0.25) is 0 Å². The number of likely N-dealkylation sites (tertiary alicyclic amines) is 1. The third-order valence-corrected chi connectivity index (χ3v) is 7.31. The lowest BCUT2D eigenvalue weighted by atomic mass is 10.1. The Labute approximate surface area is 188 Å². The summed E-state index contributed by atoms with van der Waals surface area (Å²) in [5, 5.41) is 0. The topological polar surface area (TPSA) is 84.9 Å². The van der Waals surface area contributed by atoms with Crippen LogP contribution in [-0.4, -0.2) is 58.8 Å². The predicted molar refractivity (Wildman–Crippen MR) is 122 cm³/mol. The number of sulfonamides is 1. The van der Waals surface area contributed by atoms with Gasteiger partial charge in [-0.3, -0.25) is 4.79 Å². The molecule has 0 saturated carbocycles. The lowest BCUT2D eigenvalue weighted by Gasteiger charge is -2.27. The van der Waals surface area contributed by atoms with Gasteiger partial charge in [-0.25, -0.2) is 13.1 Å². The summed E-state index contributed by atoms with van der Waals surface area (Å²) < 4.78 is 38.8. The van der Waals surface area contributed by atoms with Gasteiger partial charge in [-0.15, -0.1) is 11.8 Å². The van der Waals surface area contributed by atoms with Crippen LogP contribution in [0.1, 0.15) is 29.6 Å². The molecule has 1 N–H and O–H groups in total. The van der Waals surface area contributed by atoms with Crippen LogP contribution in [-0.2, 0) is 10.0 Å². The zero-order chi connectivity index (χ0) is 22.3. The zero-order valence-corrected chi connectivity index (χ0v) is 19.4. The van der Waals surface area contributed by atoms with E-state index in [1.165, 1.54) is 23.9 Å². The number of methoxy groups -OCH3 is 1. The third-order valence-electron chi connectivity index (χ3n) is 5.06. The quantitative estimate of drug-likeness (QED) is 0.452. The lowest BCUT2D eigenvalue weighted by molar-refractivity contribution is 0.0720. The summed E-state index contributed by atoms with van der Waals surface area (Å²) in [5.41, 5.74) is 0.435. The van der Waals surface area contributed by atoms with E-state index in [1.54, 1.807) is 37.4 Å². The fourth-order valence-electron chi connectivity index (χ4n) is 3.41. The van der Waals surface area contributed by atoms with Gasteiger partial charge in [-0.1, -0.05) is 6.07 Å². The first kappa shape index (κ1) is 23.4. The molecule has 0 radical (unpaired) electrons. The van der Waals surface area contributed by atoms with Crippen molar-refractivity contribution in [2.24, 2.45) is 0 Å². The predicted octanol–water partition coefficient (Wildman–Crippen LogP) is 3.40. The van der Waals surface area contributed by atoms with Crippen LogP contribution in [0, 0.1) is 0 Å². The summed E-state index contributed by atoms with van der Waals surface area (Å²) in [4.78, 5) is 15.7. The minimum Gasteiger partial charge on any atom is -0.497 e. The van der Waals surface area contributed by atoms with Gasteiger partial charge in [0.25, 0.3) is 5.91 Å². The molecule has 0 unspecified atom stereocenters. The first-order chi connectivity index (χ1) is 14.9. The van der Waals surface area contributed by atoms with Crippen molar-refractivity contribution in [2.75, 3.05) is 39.6 Å². The highest BCUT2D eigenvalue weighted by molar-refractivity contribution is 7.98. The molecule has 168 valence electrons. The monoisotopic (exact) mass is 464 g/mol. The van der Waals surface area contributed by atoms with Gasteiger partial charge in [-0.2, -0.15) is 0 Å². The highest BCUT2D eigenvalue weighted by Gasteiger charge is 2.23. The number of ether oxygens (including phenoxy) is 2. The number of benzene rings is 2. The summed E-state index contributed by atoms with van der Waals surface area (Å²) in [6, 6.07) is 11.8. The zero-order valence-electron chi connectivity index (χ0n) is 17.8. The Balaban J connectivity index is 1.66. The molecular formula is C22H28N2O5S2. The van der Waals surface area contributed by atoms with Crippen LogP contribution >= 0.6 is 11.8 Å². The van der Waals surface area contributed by atoms with Crippen molar-refractivity contribution in [2.45, 2.75) is 29.1 Å². The van der Waals surface area contributed by atoms with Crippen LogP contribution in [0.25, 0.3) is 0 Å². The van der Waals surface area contributed by atoms with Crippen molar-refractivity contribution >= 4 is 27.7 Å². The normalized spacial score (nSPS) is 14.3. The summed E-state index contributed by atoms with van der Waals surface area (Å²) in [6.45, 7) is 1.68. The van der Waals surface area contributed by atoms with E-state index in [0.29, 0.717) is 30.2 Å². The second-order valence-electron chi connectivity index (χ2n) is 7.14. The molecule has 3 rings (SSSR count). The minimum absolute atomic E-state index is 0.0760. The van der Waals surface area contributed by atoms with Crippen molar-refractivity contribution in [3.63, 3.8) is 0 Å². The first-order valence-corrected chi connectivity index (χ1v) is 12.9. The second-order valence-corrected chi connectivity index (χ2v) is 9.76. The maximum absolute atomic E-state index is 13.0. The number of nitrogens with zero attached hydrogens (tertiary/aromatic N) is 1. The largest absolute Gasteiger partial charge is 0.497 e. The lowest BCUT2D eigenvalue weighted by Crippen LogP contribution is -2.36. The first-order valence-electron chi connectivity index (χ1n) is 10.2. The summed E-state index contributed by atoms with van der Waals surface area (Å²) in [6.07, 6.45) is 4.96. The van der Waals surface area contributed by atoms with Gasteiger partial charge in [0.15, 0.2) is 0 Å². The van der Waals surface area contributed by atoms with Crippen LogP contribution in [0.4, 0.5) is 0 Å². The van der Waals surface area contributed by atoms with Crippen LogP contribution in [0.15, 0.2) is 52.3 Å². The standard InChI is InChI=1S/C22H28N2O5S2/c1-28-17-7-6-8-18(15-17)29-14-11-23-31(26,27)19-9-10-21(30-2)20(16-19)22(25)24-12-4-3-5-13-24/h6-10,15-16,23H,3-5,11-14H2,1-2H3. The van der Waals surface area contributed by atoms with Crippen molar-refractivity contribution < 1.29 is 22.7 Å². The average molecular weight is 465 g/mol. The fourth-order valence-corrected chi connectivity index (χ4v) is 5.02. The molecule has 2 aromatic carbocycles. The molecule has 2 aromatic rings. The molecule has 0 aliphatic carbocycles. The van der Waals surface area contributed by atoms with E-state index in [1.807, 2.05) is 11.2 Å². The summed E-state index contributed by atoms with van der Waals surface area (Å²) in [5.74, 6) is 1.15. The smallest absolute Gasteiger partial charge is 0.255 e. The molecule has 7 nitrogen and oxygen atoms in total. The maximum Gasteiger partial charge on any atom is 0.255 e. The molecular weight excluding hydrogens is 436 g/mol. The van der Waals surface area contributed by atoms with Crippen molar-refractivity contribution in [1.29, 1.82) is 0 Å². The molecule has 0 spiro atoms. The summed E-state index contributed by atoms with van der Waals surface area (Å²) >= 11 is 1.44. The Hall–Kier alpha value is -2.23. The fraction of sp³-hybridized carbons (Fsp3) is 0.409. The Kier molecular flexibility index (Phi) is 8.22. The Morgan fingerprint density at radius 3 is 2.55 bits per heavy atom. The van der Waals surface area contributed by atoms with E-state index < -0.39 is 10.0 Å². The number of hydrogen-bond donors (Lipinski definition) is 1. The molecule has 1 aliphatic heterocycles. The molecule has 31 heavy (non-hydrogen) atoms.